The fourth-order valence-electron chi connectivity index (χ4n) is 1.13. The van der Waals surface area contributed by atoms with E-state index in [1.807, 2.05) is 0 Å². The van der Waals surface area contributed by atoms with Gasteiger partial charge in [-0.25, -0.2) is 0 Å². The lowest BCUT2D eigenvalue weighted by Gasteiger charge is -2.06. The smallest absolute Gasteiger partial charge is 0.268 e. The molecule has 7 nitrogen and oxygen atoms in total. The van der Waals surface area contributed by atoms with Crippen molar-refractivity contribution < 1.29 is 14.8 Å². The Morgan fingerprint density at radius 3 is 2.50 bits per heavy atom. The van der Waals surface area contributed by atoms with Gasteiger partial charge in [-0.15, -0.1) is 0 Å². The summed E-state index contributed by atoms with van der Waals surface area (Å²) in [5.41, 5.74) is 0.472. The van der Waals surface area contributed by atoms with Crippen molar-refractivity contribution in [3.05, 3.63) is 30.1 Å². The molecule has 18 heavy (non-hydrogen) atoms. The number of pyridine rings is 1. The Hall–Kier alpha value is -2.44. The van der Waals surface area contributed by atoms with Gasteiger partial charge in [0.2, 0.25) is 0 Å². The van der Waals surface area contributed by atoms with Crippen LogP contribution in [-0.2, 0) is 4.79 Å². The van der Waals surface area contributed by atoms with Gasteiger partial charge in [-0.2, -0.15) is 0 Å². The Morgan fingerprint density at radius 2 is 1.89 bits per heavy atom. The second kappa shape index (κ2) is 7.00. The highest BCUT2D eigenvalue weighted by Gasteiger charge is 2.06. The Morgan fingerprint density at radius 1 is 1.28 bits per heavy atom. The van der Waals surface area contributed by atoms with Gasteiger partial charge in [0.05, 0.1) is 0 Å². The average molecular weight is 250 g/mol. The lowest BCUT2D eigenvalue weighted by Crippen LogP contribution is -2.37. The minimum atomic E-state index is -0.476. The second-order valence-electron chi connectivity index (χ2n) is 3.43. The minimum Gasteiger partial charge on any atom is -0.410 e. The van der Waals surface area contributed by atoms with E-state index in [0.29, 0.717) is 5.56 Å². The first-order valence-corrected chi connectivity index (χ1v) is 5.30. The zero-order chi connectivity index (χ0) is 13.4. The topological polar surface area (TPSA) is 104 Å². The molecule has 1 aromatic rings. The van der Waals surface area contributed by atoms with E-state index in [-0.39, 0.29) is 24.7 Å². The van der Waals surface area contributed by atoms with Crippen molar-refractivity contribution in [2.45, 2.75) is 6.92 Å². The molecule has 96 valence electrons. The molecule has 0 radical (unpaired) electrons. The molecule has 0 aliphatic carbocycles. The van der Waals surface area contributed by atoms with Crippen LogP contribution in [0.1, 0.15) is 17.3 Å². The predicted molar refractivity (Wildman–Crippen MR) is 64.5 cm³/mol. The highest BCUT2D eigenvalue weighted by Crippen LogP contribution is 1.94. The number of hydrogen-bond acceptors (Lipinski definition) is 5. The number of hydrogen-bond donors (Lipinski definition) is 3. The monoisotopic (exact) mass is 250 g/mol. The van der Waals surface area contributed by atoms with Gasteiger partial charge in [0.15, 0.2) is 0 Å². The van der Waals surface area contributed by atoms with E-state index < -0.39 is 5.91 Å². The summed E-state index contributed by atoms with van der Waals surface area (Å²) >= 11 is 0. The summed E-state index contributed by atoms with van der Waals surface area (Å²) in [6.07, 6.45) is 3.05. The average Bonchev–Trinajstić information content (AvgIpc) is 2.43. The molecule has 1 heterocycles. The molecule has 0 unspecified atom stereocenters. The van der Waals surface area contributed by atoms with Gasteiger partial charge in [0.1, 0.15) is 5.71 Å². The highest BCUT2D eigenvalue weighted by atomic mass is 16.4. The van der Waals surface area contributed by atoms with Gasteiger partial charge < -0.3 is 15.8 Å². The first-order valence-electron chi connectivity index (χ1n) is 5.30. The van der Waals surface area contributed by atoms with Crippen LogP contribution in [0.25, 0.3) is 0 Å². The van der Waals surface area contributed by atoms with Crippen molar-refractivity contribution in [2.75, 3.05) is 13.1 Å². The van der Waals surface area contributed by atoms with Crippen LogP contribution in [0.2, 0.25) is 0 Å². The largest absolute Gasteiger partial charge is 0.410 e. The number of oxime groups is 1. The highest BCUT2D eigenvalue weighted by molar-refractivity contribution is 6.37. The van der Waals surface area contributed by atoms with Gasteiger partial charge in [0, 0.05) is 31.0 Å². The van der Waals surface area contributed by atoms with E-state index in [4.69, 9.17) is 5.21 Å². The zero-order valence-corrected chi connectivity index (χ0v) is 9.88. The molecule has 7 heteroatoms. The number of nitrogens with zero attached hydrogens (tertiary/aromatic N) is 2. The number of aromatic nitrogens is 1. The molecular formula is C11H14N4O3. The standard InChI is InChI=1S/C11H14N4O3/c1-8(15-18)10(16)13-6-7-14-11(17)9-2-4-12-5-3-9/h2-5,18H,6-7H2,1H3,(H,13,16)(H,14,17). The van der Waals surface area contributed by atoms with Crippen molar-refractivity contribution in [2.24, 2.45) is 5.16 Å². The van der Waals surface area contributed by atoms with Crippen LogP contribution < -0.4 is 10.6 Å². The summed E-state index contributed by atoms with van der Waals surface area (Å²) in [6.45, 7) is 1.92. The zero-order valence-electron chi connectivity index (χ0n) is 9.88. The van der Waals surface area contributed by atoms with Crippen molar-refractivity contribution >= 4 is 17.5 Å². The van der Waals surface area contributed by atoms with Crippen molar-refractivity contribution in [1.82, 2.24) is 15.6 Å². The maximum atomic E-state index is 11.6. The summed E-state index contributed by atoms with van der Waals surface area (Å²) in [6, 6.07) is 3.19. The van der Waals surface area contributed by atoms with Crippen LogP contribution in [0.5, 0.6) is 0 Å². The number of rotatable bonds is 5. The van der Waals surface area contributed by atoms with E-state index in [9.17, 15) is 9.59 Å². The fraction of sp³-hybridized carbons (Fsp3) is 0.273. The molecule has 0 saturated carbocycles. The van der Waals surface area contributed by atoms with Crippen LogP contribution in [0.15, 0.2) is 29.7 Å². The van der Waals surface area contributed by atoms with Crippen molar-refractivity contribution in [1.29, 1.82) is 0 Å². The molecule has 2 amide bonds. The van der Waals surface area contributed by atoms with Crippen LogP contribution in [0.4, 0.5) is 0 Å². The van der Waals surface area contributed by atoms with Gasteiger partial charge in [0.25, 0.3) is 11.8 Å². The first-order chi connectivity index (χ1) is 8.65. The molecule has 0 aromatic carbocycles. The lowest BCUT2D eigenvalue weighted by molar-refractivity contribution is -0.114. The van der Waals surface area contributed by atoms with Crippen LogP contribution >= 0.6 is 0 Å². The molecule has 0 aliphatic rings. The quantitative estimate of drug-likeness (QED) is 0.291. The third-order valence-corrected chi connectivity index (χ3v) is 2.12. The molecule has 1 rings (SSSR count). The number of amides is 2. The lowest BCUT2D eigenvalue weighted by atomic mass is 10.2. The number of nitrogens with one attached hydrogen (secondary N) is 2. The van der Waals surface area contributed by atoms with Gasteiger partial charge in [-0.05, 0) is 19.1 Å². The van der Waals surface area contributed by atoms with Crippen molar-refractivity contribution in [3.63, 3.8) is 0 Å². The predicted octanol–water partition coefficient (Wildman–Crippen LogP) is -0.222. The Kier molecular flexibility index (Phi) is 5.30. The summed E-state index contributed by atoms with van der Waals surface area (Å²) in [5, 5.41) is 16.2. The van der Waals surface area contributed by atoms with Gasteiger partial charge in [-0.3, -0.25) is 14.6 Å². The van der Waals surface area contributed by atoms with Crippen LogP contribution in [0.3, 0.4) is 0 Å². The Balaban J connectivity index is 2.27. The maximum absolute atomic E-state index is 11.6. The molecule has 0 bridgehead atoms. The first kappa shape index (κ1) is 13.6. The van der Waals surface area contributed by atoms with Crippen LogP contribution in [0, 0.1) is 0 Å². The summed E-state index contributed by atoms with van der Waals surface area (Å²) in [5.74, 6) is -0.713. The third kappa shape index (κ3) is 4.20. The van der Waals surface area contributed by atoms with E-state index >= 15 is 0 Å². The van der Waals surface area contributed by atoms with Gasteiger partial charge in [-0.1, -0.05) is 5.16 Å². The van der Waals surface area contributed by atoms with E-state index in [2.05, 4.69) is 20.8 Å². The SMILES string of the molecule is CC(=NO)C(=O)NCCNC(=O)c1ccncc1. The fourth-order valence-corrected chi connectivity index (χ4v) is 1.13. The third-order valence-electron chi connectivity index (χ3n) is 2.12. The maximum Gasteiger partial charge on any atom is 0.268 e. The molecule has 0 aliphatic heterocycles. The molecule has 3 N–H and O–H groups in total. The van der Waals surface area contributed by atoms with E-state index in [1.165, 1.54) is 19.3 Å². The molecular weight excluding hydrogens is 236 g/mol. The Labute approximate surface area is 104 Å². The summed E-state index contributed by atoms with van der Waals surface area (Å²) in [7, 11) is 0. The van der Waals surface area contributed by atoms with Crippen molar-refractivity contribution in [3.8, 4) is 0 Å². The minimum absolute atomic E-state index is 0.0320. The number of carbonyl (C=O) groups is 2. The normalized spacial score (nSPS) is 10.8. The summed E-state index contributed by atoms with van der Waals surface area (Å²) < 4.78 is 0. The van der Waals surface area contributed by atoms with Crippen LogP contribution in [-0.4, -0.2) is 40.8 Å². The summed E-state index contributed by atoms with van der Waals surface area (Å²) in [4.78, 5) is 26.5. The Bertz CT molecular complexity index is 445. The molecule has 0 saturated heterocycles. The van der Waals surface area contributed by atoms with E-state index in [0.717, 1.165) is 0 Å². The second-order valence-corrected chi connectivity index (χ2v) is 3.43. The van der Waals surface area contributed by atoms with Gasteiger partial charge >= 0.3 is 0 Å². The molecule has 0 spiro atoms. The molecule has 0 atom stereocenters. The van der Waals surface area contributed by atoms with E-state index in [1.54, 1.807) is 12.1 Å². The molecule has 1 aromatic heterocycles. The number of carbonyl (C=O) groups excluding carboxylic acids is 2. The molecule has 0 fully saturated rings.